The predicted molar refractivity (Wildman–Crippen MR) is 84.9 cm³/mol. The topological polar surface area (TPSA) is 77.9 Å². The van der Waals surface area contributed by atoms with Gasteiger partial charge < -0.3 is 14.9 Å². The van der Waals surface area contributed by atoms with Gasteiger partial charge in [0.15, 0.2) is 0 Å². The molecule has 1 saturated heterocycles. The quantitative estimate of drug-likeness (QED) is 0.625. The highest BCUT2D eigenvalue weighted by Gasteiger charge is 2.49. The summed E-state index contributed by atoms with van der Waals surface area (Å²) in [5.74, 6) is -2.41. The molecule has 1 aromatic rings. The standard InChI is InChI=1S/C17H22N2O4/c1-11(20)14-15(12-5-7-13(21)8-6-12)19(17(23)16(14)22)10-4-9-18(2)3/h5-8,14-15,21H,4,9-10H2,1-3H3. The number of carbonyl (C=O) groups is 3. The summed E-state index contributed by atoms with van der Waals surface area (Å²) in [5, 5.41) is 9.43. The lowest BCUT2D eigenvalue weighted by Crippen LogP contribution is -2.32. The number of phenolic OH excluding ortho intramolecular Hbond substituents is 1. The van der Waals surface area contributed by atoms with Crippen LogP contribution < -0.4 is 0 Å². The highest BCUT2D eigenvalue weighted by atomic mass is 16.3. The Morgan fingerprint density at radius 1 is 1.22 bits per heavy atom. The van der Waals surface area contributed by atoms with Gasteiger partial charge >= 0.3 is 0 Å². The maximum atomic E-state index is 12.3. The van der Waals surface area contributed by atoms with E-state index in [-0.39, 0.29) is 11.5 Å². The van der Waals surface area contributed by atoms with Crippen LogP contribution in [0, 0.1) is 5.92 Å². The van der Waals surface area contributed by atoms with Gasteiger partial charge in [0, 0.05) is 6.54 Å². The lowest BCUT2D eigenvalue weighted by atomic mass is 9.90. The average Bonchev–Trinajstić information content (AvgIpc) is 2.72. The Balaban J connectivity index is 2.32. The van der Waals surface area contributed by atoms with Gasteiger partial charge in [-0.25, -0.2) is 0 Å². The van der Waals surface area contributed by atoms with Crippen molar-refractivity contribution in [2.24, 2.45) is 5.92 Å². The first-order valence-corrected chi connectivity index (χ1v) is 7.62. The summed E-state index contributed by atoms with van der Waals surface area (Å²) in [7, 11) is 3.87. The molecule has 1 aliphatic heterocycles. The Kier molecular flexibility index (Phi) is 5.15. The summed E-state index contributed by atoms with van der Waals surface area (Å²) < 4.78 is 0. The maximum Gasteiger partial charge on any atom is 0.291 e. The molecule has 0 radical (unpaired) electrons. The van der Waals surface area contributed by atoms with Gasteiger partial charge in [0.2, 0.25) is 5.78 Å². The number of likely N-dealkylation sites (tertiary alicyclic amines) is 1. The van der Waals surface area contributed by atoms with E-state index < -0.39 is 23.7 Å². The van der Waals surface area contributed by atoms with Crippen LogP contribution in [0.2, 0.25) is 0 Å². The SMILES string of the molecule is CC(=O)C1C(=O)C(=O)N(CCCN(C)C)C1c1ccc(O)cc1. The monoisotopic (exact) mass is 318 g/mol. The second-order valence-corrected chi connectivity index (χ2v) is 6.14. The van der Waals surface area contributed by atoms with Crippen LogP contribution in [0.5, 0.6) is 5.75 Å². The Hall–Kier alpha value is -2.21. The van der Waals surface area contributed by atoms with E-state index in [4.69, 9.17) is 0 Å². The number of phenols is 1. The van der Waals surface area contributed by atoms with Gasteiger partial charge in [-0.1, -0.05) is 12.1 Å². The van der Waals surface area contributed by atoms with E-state index in [1.807, 2.05) is 19.0 Å². The fraction of sp³-hybridized carbons (Fsp3) is 0.471. The molecule has 2 rings (SSSR count). The van der Waals surface area contributed by atoms with Crippen molar-refractivity contribution in [3.8, 4) is 5.75 Å². The first-order chi connectivity index (χ1) is 10.8. The molecule has 23 heavy (non-hydrogen) atoms. The lowest BCUT2D eigenvalue weighted by Gasteiger charge is -2.27. The Bertz CT molecular complexity index is 610. The van der Waals surface area contributed by atoms with Crippen LogP contribution in [0.4, 0.5) is 0 Å². The molecule has 1 N–H and O–H groups in total. The molecule has 2 atom stereocenters. The lowest BCUT2D eigenvalue weighted by molar-refractivity contribution is -0.142. The van der Waals surface area contributed by atoms with Gasteiger partial charge in [-0.15, -0.1) is 0 Å². The summed E-state index contributed by atoms with van der Waals surface area (Å²) in [6.07, 6.45) is 0.714. The Morgan fingerprint density at radius 2 is 1.83 bits per heavy atom. The Morgan fingerprint density at radius 3 is 2.35 bits per heavy atom. The van der Waals surface area contributed by atoms with Gasteiger partial charge in [0.05, 0.1) is 6.04 Å². The van der Waals surface area contributed by atoms with Crippen molar-refractivity contribution in [2.75, 3.05) is 27.2 Å². The van der Waals surface area contributed by atoms with E-state index in [0.717, 1.165) is 6.54 Å². The van der Waals surface area contributed by atoms with E-state index in [1.54, 1.807) is 12.1 Å². The van der Waals surface area contributed by atoms with Gasteiger partial charge in [-0.2, -0.15) is 0 Å². The number of hydrogen-bond acceptors (Lipinski definition) is 5. The zero-order valence-electron chi connectivity index (χ0n) is 13.7. The van der Waals surface area contributed by atoms with Crippen LogP contribution in [-0.2, 0) is 14.4 Å². The van der Waals surface area contributed by atoms with E-state index in [2.05, 4.69) is 0 Å². The molecule has 1 aliphatic rings. The number of benzene rings is 1. The second-order valence-electron chi connectivity index (χ2n) is 6.14. The highest BCUT2D eigenvalue weighted by molar-refractivity contribution is 6.42. The molecular formula is C17H22N2O4. The molecule has 1 heterocycles. The summed E-state index contributed by atoms with van der Waals surface area (Å²) >= 11 is 0. The van der Waals surface area contributed by atoms with E-state index in [0.29, 0.717) is 18.5 Å². The number of hydrogen-bond donors (Lipinski definition) is 1. The fourth-order valence-corrected chi connectivity index (χ4v) is 2.97. The summed E-state index contributed by atoms with van der Waals surface area (Å²) in [4.78, 5) is 40.0. The maximum absolute atomic E-state index is 12.3. The van der Waals surface area contributed by atoms with Crippen LogP contribution in [0.25, 0.3) is 0 Å². The number of ketones is 2. The fourth-order valence-electron chi connectivity index (χ4n) is 2.97. The number of aromatic hydroxyl groups is 1. The van der Waals surface area contributed by atoms with Crippen molar-refractivity contribution < 1.29 is 19.5 Å². The Labute approximate surface area is 135 Å². The molecule has 0 aliphatic carbocycles. The van der Waals surface area contributed by atoms with Crippen LogP contribution in [0.3, 0.4) is 0 Å². The smallest absolute Gasteiger partial charge is 0.291 e. The third-order valence-corrected chi connectivity index (χ3v) is 4.08. The van der Waals surface area contributed by atoms with Gasteiger partial charge in [-0.05, 0) is 51.7 Å². The molecular weight excluding hydrogens is 296 g/mol. The van der Waals surface area contributed by atoms with Crippen LogP contribution in [0.1, 0.15) is 24.9 Å². The average molecular weight is 318 g/mol. The minimum atomic E-state index is -0.966. The molecule has 6 heteroatoms. The first kappa shape index (κ1) is 17.1. The van der Waals surface area contributed by atoms with Gasteiger partial charge in [0.25, 0.3) is 5.91 Å². The predicted octanol–water partition coefficient (Wildman–Crippen LogP) is 1.00. The number of amides is 1. The molecule has 124 valence electrons. The van der Waals surface area contributed by atoms with Crippen molar-refractivity contribution in [1.82, 2.24) is 9.80 Å². The van der Waals surface area contributed by atoms with Crippen LogP contribution in [0.15, 0.2) is 24.3 Å². The van der Waals surface area contributed by atoms with Crippen molar-refractivity contribution in [3.05, 3.63) is 29.8 Å². The van der Waals surface area contributed by atoms with E-state index in [9.17, 15) is 19.5 Å². The molecule has 0 aromatic heterocycles. The van der Waals surface area contributed by atoms with E-state index in [1.165, 1.54) is 24.0 Å². The molecule has 0 bridgehead atoms. The third-order valence-electron chi connectivity index (χ3n) is 4.08. The second kappa shape index (κ2) is 6.91. The largest absolute Gasteiger partial charge is 0.508 e. The van der Waals surface area contributed by atoms with Crippen LogP contribution >= 0.6 is 0 Å². The summed E-state index contributed by atoms with van der Waals surface area (Å²) in [5.41, 5.74) is 0.687. The van der Waals surface area contributed by atoms with Crippen molar-refractivity contribution in [1.29, 1.82) is 0 Å². The molecule has 6 nitrogen and oxygen atoms in total. The number of Topliss-reactive ketones (excluding diaryl/α,β-unsaturated/α-hetero) is 2. The van der Waals surface area contributed by atoms with Crippen molar-refractivity contribution in [2.45, 2.75) is 19.4 Å². The molecule has 1 amide bonds. The molecule has 0 spiro atoms. The minimum absolute atomic E-state index is 0.0999. The van der Waals surface area contributed by atoms with Crippen molar-refractivity contribution in [3.63, 3.8) is 0 Å². The van der Waals surface area contributed by atoms with Crippen LogP contribution in [-0.4, -0.2) is 59.6 Å². The normalized spacial score (nSPS) is 21.3. The zero-order chi connectivity index (χ0) is 17.1. The molecule has 0 saturated carbocycles. The molecule has 2 unspecified atom stereocenters. The van der Waals surface area contributed by atoms with Gasteiger partial charge in [-0.3, -0.25) is 14.4 Å². The molecule has 1 aromatic carbocycles. The summed E-state index contributed by atoms with van der Waals surface area (Å²) in [6, 6.07) is 5.71. The number of nitrogens with zero attached hydrogens (tertiary/aromatic N) is 2. The van der Waals surface area contributed by atoms with Gasteiger partial charge in [0.1, 0.15) is 17.5 Å². The van der Waals surface area contributed by atoms with Crippen molar-refractivity contribution >= 4 is 17.5 Å². The number of rotatable bonds is 6. The minimum Gasteiger partial charge on any atom is -0.508 e. The number of carbonyl (C=O) groups excluding carboxylic acids is 3. The summed E-state index contributed by atoms with van der Waals surface area (Å²) in [6.45, 7) is 2.54. The van der Waals surface area contributed by atoms with E-state index >= 15 is 0 Å². The third kappa shape index (κ3) is 3.59. The highest BCUT2D eigenvalue weighted by Crippen LogP contribution is 2.37. The zero-order valence-corrected chi connectivity index (χ0v) is 13.7. The molecule has 1 fully saturated rings. The first-order valence-electron chi connectivity index (χ1n) is 7.62.